The maximum Gasteiger partial charge on any atom is 0.274 e. The molecule has 1 saturated carbocycles. The Bertz CT molecular complexity index is 1330. The number of fused-ring (bicyclic) bond motifs is 1. The van der Waals surface area contributed by atoms with E-state index in [0.717, 1.165) is 24.8 Å². The van der Waals surface area contributed by atoms with Crippen molar-refractivity contribution in [2.45, 2.75) is 58.7 Å². The zero-order valence-electron chi connectivity index (χ0n) is 23.9. The molecule has 0 unspecified atom stereocenters. The van der Waals surface area contributed by atoms with Crippen LogP contribution in [0, 0.1) is 17.7 Å². The van der Waals surface area contributed by atoms with Crippen LogP contribution in [-0.2, 0) is 14.1 Å². The Morgan fingerprint density at radius 3 is 2.58 bits per heavy atom. The number of ether oxygens (including phenoxy) is 1. The fraction of sp³-hybridized carbons (Fsp3) is 0.483. The highest BCUT2D eigenvalue weighted by atomic mass is 35.5. The summed E-state index contributed by atoms with van der Waals surface area (Å²) < 4.78 is 21.8. The van der Waals surface area contributed by atoms with E-state index in [4.69, 9.17) is 16.3 Å². The largest absolute Gasteiger partial charge is 0.474 e. The summed E-state index contributed by atoms with van der Waals surface area (Å²) in [6.45, 7) is 7.63. The lowest BCUT2D eigenvalue weighted by atomic mass is 9.99. The summed E-state index contributed by atoms with van der Waals surface area (Å²) in [5.74, 6) is 0.471. The van der Waals surface area contributed by atoms with Gasteiger partial charge in [-0.05, 0) is 68.7 Å². The van der Waals surface area contributed by atoms with E-state index in [1.807, 2.05) is 20.9 Å². The van der Waals surface area contributed by atoms with Gasteiger partial charge in [0.1, 0.15) is 18.1 Å². The zero-order chi connectivity index (χ0) is 29.6. The van der Waals surface area contributed by atoms with Crippen LogP contribution < -0.4 is 10.1 Å². The van der Waals surface area contributed by atoms with Crippen molar-refractivity contribution in [3.63, 3.8) is 0 Å². The van der Waals surface area contributed by atoms with E-state index >= 15 is 0 Å². The van der Waals surface area contributed by atoms with Crippen LogP contribution in [0.25, 0.3) is 5.57 Å². The van der Waals surface area contributed by atoms with Crippen molar-refractivity contribution in [2.75, 3.05) is 11.9 Å². The molecular formula is C29H39ClFN5O4. The summed E-state index contributed by atoms with van der Waals surface area (Å²) in [5, 5.41) is 25.8. The highest BCUT2D eigenvalue weighted by Crippen LogP contribution is 2.46. The lowest BCUT2D eigenvalue weighted by molar-refractivity contribution is 0.0266. The first-order valence-corrected chi connectivity index (χ1v) is 13.8. The minimum atomic E-state index is -0.808. The Morgan fingerprint density at radius 2 is 1.98 bits per heavy atom. The van der Waals surface area contributed by atoms with Gasteiger partial charge in [-0.3, -0.25) is 9.48 Å². The molecule has 0 saturated heterocycles. The third kappa shape index (κ3) is 8.16. The Morgan fingerprint density at radius 1 is 1.25 bits per heavy atom. The molecule has 2 aliphatic carbocycles. The fourth-order valence-corrected chi connectivity index (χ4v) is 4.95. The van der Waals surface area contributed by atoms with E-state index in [1.54, 1.807) is 48.7 Å². The van der Waals surface area contributed by atoms with Gasteiger partial charge < -0.3 is 24.8 Å². The molecule has 5 rings (SSSR count). The van der Waals surface area contributed by atoms with Crippen LogP contribution in [0.15, 0.2) is 42.9 Å². The Kier molecular flexibility index (Phi) is 10.5. The third-order valence-electron chi connectivity index (χ3n) is 6.52. The van der Waals surface area contributed by atoms with E-state index in [2.05, 4.69) is 21.5 Å². The van der Waals surface area contributed by atoms with Crippen LogP contribution in [-0.4, -0.2) is 53.8 Å². The number of amides is 1. The van der Waals surface area contributed by atoms with Crippen molar-refractivity contribution in [1.82, 2.24) is 19.3 Å². The second-order valence-electron chi connectivity index (χ2n) is 10.5. The molecule has 1 fully saturated rings. The number of allylic oxidation sites excluding steroid dienone is 2. The summed E-state index contributed by atoms with van der Waals surface area (Å²) in [7, 11) is 3.58. The predicted molar refractivity (Wildman–Crippen MR) is 154 cm³/mol. The zero-order valence-corrected chi connectivity index (χ0v) is 24.6. The number of halogens is 2. The molecular weight excluding hydrogens is 537 g/mol. The number of imidazole rings is 1. The molecule has 3 N–H and O–H groups in total. The number of anilines is 1. The Hall–Kier alpha value is -3.21. The summed E-state index contributed by atoms with van der Waals surface area (Å²) >= 11 is 5.78. The van der Waals surface area contributed by atoms with E-state index in [9.17, 15) is 19.4 Å². The van der Waals surface area contributed by atoms with E-state index < -0.39 is 11.4 Å². The van der Waals surface area contributed by atoms with Gasteiger partial charge >= 0.3 is 0 Å². The van der Waals surface area contributed by atoms with Gasteiger partial charge in [0, 0.05) is 32.0 Å². The maximum absolute atomic E-state index is 13.3. The smallest absolute Gasteiger partial charge is 0.274 e. The number of benzene rings is 1. The average Bonchev–Trinajstić information content (AvgIpc) is 3.65. The number of carbonyl (C=O) groups is 1. The number of carbonyl (C=O) groups excluding carboxylic acids is 1. The molecule has 0 spiro atoms. The van der Waals surface area contributed by atoms with Crippen LogP contribution in [0.3, 0.4) is 0 Å². The second-order valence-corrected chi connectivity index (χ2v) is 10.9. The summed E-state index contributed by atoms with van der Waals surface area (Å²) in [4.78, 5) is 17.2. The number of aromatic nitrogens is 4. The molecule has 3 aromatic rings. The molecule has 2 heterocycles. The maximum atomic E-state index is 13.3. The topological polar surface area (TPSA) is 114 Å². The van der Waals surface area contributed by atoms with Gasteiger partial charge in [0.2, 0.25) is 5.88 Å². The first-order valence-electron chi connectivity index (χ1n) is 13.4. The number of aryl methyl sites for hydroxylation is 2. The predicted octanol–water partition coefficient (Wildman–Crippen LogP) is 5.24. The third-order valence-corrected chi connectivity index (χ3v) is 6.81. The lowest BCUT2D eigenvalue weighted by Gasteiger charge is -2.16. The normalized spacial score (nSPS) is 19.6. The SMILES string of the molecule is CC.Cn1ccc(OCC(C)(C)O)n1.Cn1cnc(C2=C[C@H]3C[C@@H](O)C[C@H]3C2)c1C(=O)Nc1ccc(F)c(Cl)c1. The van der Waals surface area contributed by atoms with Crippen LogP contribution in [0.1, 0.15) is 63.1 Å². The molecule has 3 atom stereocenters. The average molecular weight is 576 g/mol. The number of aliphatic hydroxyl groups excluding tert-OH is 1. The van der Waals surface area contributed by atoms with Gasteiger partial charge in [-0.1, -0.05) is 31.5 Å². The molecule has 218 valence electrons. The minimum Gasteiger partial charge on any atom is -0.474 e. The summed E-state index contributed by atoms with van der Waals surface area (Å²) in [5.41, 5.74) is 1.79. The molecule has 0 bridgehead atoms. The van der Waals surface area contributed by atoms with Gasteiger partial charge in [0.15, 0.2) is 0 Å². The van der Waals surface area contributed by atoms with Crippen molar-refractivity contribution >= 4 is 28.8 Å². The number of nitrogens with zero attached hydrogens (tertiary/aromatic N) is 4. The monoisotopic (exact) mass is 575 g/mol. The molecule has 0 radical (unpaired) electrons. The van der Waals surface area contributed by atoms with E-state index in [0.29, 0.717) is 34.8 Å². The van der Waals surface area contributed by atoms with Crippen LogP contribution in [0.5, 0.6) is 5.88 Å². The van der Waals surface area contributed by atoms with Crippen molar-refractivity contribution in [1.29, 1.82) is 0 Å². The number of hydrogen-bond acceptors (Lipinski definition) is 6. The number of aliphatic hydroxyl groups is 2. The molecule has 1 aromatic carbocycles. The van der Waals surface area contributed by atoms with E-state index in [1.165, 1.54) is 18.2 Å². The van der Waals surface area contributed by atoms with Gasteiger partial charge in [-0.15, -0.1) is 5.10 Å². The van der Waals surface area contributed by atoms with Gasteiger partial charge in [0.25, 0.3) is 5.91 Å². The van der Waals surface area contributed by atoms with Crippen LogP contribution in [0.4, 0.5) is 10.1 Å². The van der Waals surface area contributed by atoms with Crippen LogP contribution >= 0.6 is 11.6 Å². The quantitative estimate of drug-likeness (QED) is 0.370. The first-order chi connectivity index (χ1) is 18.9. The Balaban J connectivity index is 0.000000265. The molecule has 40 heavy (non-hydrogen) atoms. The summed E-state index contributed by atoms with van der Waals surface area (Å²) in [6.07, 6.45) is 7.73. The van der Waals surface area contributed by atoms with Crippen LogP contribution in [0.2, 0.25) is 5.02 Å². The van der Waals surface area contributed by atoms with Gasteiger partial charge in [-0.25, -0.2) is 9.37 Å². The lowest BCUT2D eigenvalue weighted by Crippen LogP contribution is -2.27. The molecule has 9 nitrogen and oxygen atoms in total. The minimum absolute atomic E-state index is 0.0436. The number of nitrogens with one attached hydrogen (secondary N) is 1. The first kappa shape index (κ1) is 31.3. The van der Waals surface area contributed by atoms with Crippen molar-refractivity contribution in [3.8, 4) is 5.88 Å². The highest BCUT2D eigenvalue weighted by Gasteiger charge is 2.38. The highest BCUT2D eigenvalue weighted by molar-refractivity contribution is 6.31. The Labute approximate surface area is 239 Å². The summed E-state index contributed by atoms with van der Waals surface area (Å²) in [6, 6.07) is 5.82. The van der Waals surface area contributed by atoms with E-state index in [-0.39, 0.29) is 23.6 Å². The number of rotatable bonds is 6. The number of hydrogen-bond donors (Lipinski definition) is 3. The molecule has 2 aliphatic rings. The molecule has 1 amide bonds. The second kappa shape index (κ2) is 13.4. The standard InChI is InChI=1S/C19H19ClFN3O2.C8H14N2O2.C2H6/c1-24-9-22-17(12-4-10-6-14(25)7-11(10)5-12)18(24)19(26)23-13-2-3-16(21)15(20)8-13;1-8(2,11)6-12-7-4-5-10(3)9-7;1-2/h2-4,8-11,14,25H,5-7H2,1H3,(H,23,26);4-5,11H,6H2,1-3H3;1-2H3/t10-,11+,14+;;/m0../s1. The molecule has 2 aromatic heterocycles. The molecule has 11 heteroatoms. The fourth-order valence-electron chi connectivity index (χ4n) is 4.77. The van der Waals surface area contributed by atoms with Crippen molar-refractivity contribution in [3.05, 3.63) is 65.1 Å². The van der Waals surface area contributed by atoms with Gasteiger partial charge in [0.05, 0.1) is 28.7 Å². The van der Waals surface area contributed by atoms with Crippen molar-refractivity contribution in [2.24, 2.45) is 25.9 Å². The molecule has 0 aliphatic heterocycles. The van der Waals surface area contributed by atoms with Gasteiger partial charge in [-0.2, -0.15) is 0 Å². The van der Waals surface area contributed by atoms with Crippen molar-refractivity contribution < 1.29 is 24.1 Å².